The molecule has 0 saturated heterocycles. The Kier molecular flexibility index (Phi) is 14.2. The van der Waals surface area contributed by atoms with Gasteiger partial charge in [0.2, 0.25) is 0 Å². The zero-order chi connectivity index (χ0) is 31.3. The van der Waals surface area contributed by atoms with Crippen molar-refractivity contribution in [2.45, 2.75) is 65.5 Å². The molecule has 0 radical (unpaired) electrons. The molecule has 4 heteroatoms. The number of unbranched alkanes of at least 4 members (excludes halogenated alkanes) is 2. The zero-order valence-corrected chi connectivity index (χ0v) is 31.5. The van der Waals surface area contributed by atoms with Crippen LogP contribution in [0.3, 0.4) is 0 Å². The molecule has 0 bridgehead atoms. The summed E-state index contributed by atoms with van der Waals surface area (Å²) >= 11 is -1.65. The van der Waals surface area contributed by atoms with E-state index in [1.165, 1.54) is 93.5 Å². The SMILES string of the molecule is CCCC[c-]1ccc2ccc(-c3ccccc3)cc21.CCCC[c-]1ccc2ccc(-c3ccccc3)cc21.C[Si](C)=[Zr]([Cl])[Cl]. The Morgan fingerprint density at radius 2 is 0.932 bits per heavy atom. The van der Waals surface area contributed by atoms with Crippen LogP contribution in [0.2, 0.25) is 13.1 Å². The topological polar surface area (TPSA) is 0 Å². The van der Waals surface area contributed by atoms with Gasteiger partial charge in [-0.1, -0.05) is 136 Å². The van der Waals surface area contributed by atoms with Crippen molar-refractivity contribution in [1.29, 1.82) is 0 Å². The molecule has 0 heterocycles. The summed E-state index contributed by atoms with van der Waals surface area (Å²) in [4.78, 5) is 0. The number of benzene rings is 4. The molecule has 0 aliphatic carbocycles. The van der Waals surface area contributed by atoms with Gasteiger partial charge in [-0.05, 0) is 11.1 Å². The molecule has 0 saturated carbocycles. The molecule has 0 aromatic heterocycles. The number of halogens is 2. The summed E-state index contributed by atoms with van der Waals surface area (Å²) in [5.74, 6) is 0. The van der Waals surface area contributed by atoms with Crippen LogP contribution in [0.4, 0.5) is 0 Å². The molecular formula is C40H44Cl2SiZr-2. The molecule has 0 nitrogen and oxygen atoms in total. The van der Waals surface area contributed by atoms with Gasteiger partial charge in [-0.2, -0.15) is 12.1 Å². The molecule has 6 aromatic rings. The van der Waals surface area contributed by atoms with Crippen LogP contribution in [0.1, 0.15) is 50.7 Å². The van der Waals surface area contributed by atoms with E-state index in [4.69, 9.17) is 17.0 Å². The minimum absolute atomic E-state index is 0.224. The van der Waals surface area contributed by atoms with Gasteiger partial charge >= 0.3 is 53.5 Å². The summed E-state index contributed by atoms with van der Waals surface area (Å²) in [6.45, 7) is 8.83. The monoisotopic (exact) mass is 712 g/mol. The van der Waals surface area contributed by atoms with Gasteiger partial charge in [0.05, 0.1) is 0 Å². The minimum atomic E-state index is -1.65. The number of hydrogen-bond acceptors (Lipinski definition) is 0. The van der Waals surface area contributed by atoms with E-state index in [-0.39, 0.29) is 5.43 Å². The number of hydrogen-bond donors (Lipinski definition) is 0. The first-order chi connectivity index (χ1) is 21.4. The van der Waals surface area contributed by atoms with E-state index < -0.39 is 18.0 Å². The molecule has 0 amide bonds. The first kappa shape index (κ1) is 34.6. The second kappa shape index (κ2) is 18.1. The van der Waals surface area contributed by atoms with Gasteiger partial charge in [-0.25, -0.2) is 0 Å². The first-order valence-corrected chi connectivity index (χ1v) is 28.4. The molecule has 0 atom stereocenters. The van der Waals surface area contributed by atoms with E-state index in [1.54, 1.807) is 0 Å². The molecular weight excluding hydrogens is 671 g/mol. The van der Waals surface area contributed by atoms with Gasteiger partial charge in [-0.3, -0.25) is 0 Å². The maximum absolute atomic E-state index is 5.62. The van der Waals surface area contributed by atoms with Crippen molar-refractivity contribution in [1.82, 2.24) is 0 Å². The Hall–Kier alpha value is -2.22. The van der Waals surface area contributed by atoms with Crippen LogP contribution in [0, 0.1) is 0 Å². The van der Waals surface area contributed by atoms with Gasteiger partial charge in [0.25, 0.3) is 0 Å². The fourth-order valence-corrected chi connectivity index (χ4v) is 5.31. The van der Waals surface area contributed by atoms with Crippen LogP contribution in [0.5, 0.6) is 0 Å². The van der Waals surface area contributed by atoms with Crippen molar-refractivity contribution in [3.05, 3.63) is 132 Å². The average molecular weight is 715 g/mol. The van der Waals surface area contributed by atoms with Crippen molar-refractivity contribution in [3.8, 4) is 22.3 Å². The first-order valence-electron chi connectivity index (χ1n) is 15.9. The van der Waals surface area contributed by atoms with Crippen molar-refractivity contribution in [3.63, 3.8) is 0 Å². The van der Waals surface area contributed by atoms with Crippen LogP contribution in [0.25, 0.3) is 43.8 Å². The van der Waals surface area contributed by atoms with Gasteiger partial charge in [-0.15, -0.1) is 69.1 Å². The van der Waals surface area contributed by atoms with E-state index in [0.29, 0.717) is 0 Å². The van der Waals surface area contributed by atoms with E-state index in [2.05, 4.69) is 148 Å². The third-order valence-corrected chi connectivity index (χ3v) is 27.7. The molecule has 228 valence electrons. The van der Waals surface area contributed by atoms with Crippen molar-refractivity contribution in [2.24, 2.45) is 0 Å². The van der Waals surface area contributed by atoms with Crippen molar-refractivity contribution >= 4 is 44.0 Å². The van der Waals surface area contributed by atoms with Crippen LogP contribution in [-0.2, 0) is 30.8 Å². The Bertz CT molecular complexity index is 1620. The predicted octanol–water partition coefficient (Wildman–Crippen LogP) is 13.3. The number of rotatable bonds is 8. The third-order valence-electron chi connectivity index (χ3n) is 7.92. The molecule has 44 heavy (non-hydrogen) atoms. The molecule has 0 fully saturated rings. The molecule has 6 rings (SSSR count). The molecule has 0 N–H and O–H groups in total. The van der Waals surface area contributed by atoms with Crippen LogP contribution < -0.4 is 0 Å². The Balaban J connectivity index is 0.000000170. The van der Waals surface area contributed by atoms with Crippen LogP contribution >= 0.6 is 17.0 Å². The van der Waals surface area contributed by atoms with E-state index >= 15 is 0 Å². The molecule has 0 unspecified atom stereocenters. The molecule has 0 aliphatic rings. The van der Waals surface area contributed by atoms with Crippen LogP contribution in [0.15, 0.2) is 121 Å². The fraction of sp³-hybridized carbons (Fsp3) is 0.250. The van der Waals surface area contributed by atoms with E-state index in [1.807, 2.05) is 0 Å². The second-order valence-electron chi connectivity index (χ2n) is 11.5. The quantitative estimate of drug-likeness (QED) is 0.109. The average Bonchev–Trinajstić information content (AvgIpc) is 3.67. The zero-order valence-electron chi connectivity index (χ0n) is 26.5. The fourth-order valence-electron chi connectivity index (χ4n) is 5.31. The Labute approximate surface area is 280 Å². The molecule has 0 spiro atoms. The van der Waals surface area contributed by atoms with E-state index in [0.717, 1.165) is 0 Å². The van der Waals surface area contributed by atoms with Gasteiger partial charge in [0.1, 0.15) is 0 Å². The van der Waals surface area contributed by atoms with Gasteiger partial charge in [0, 0.05) is 0 Å². The van der Waals surface area contributed by atoms with Gasteiger partial charge in [0.15, 0.2) is 0 Å². The van der Waals surface area contributed by atoms with Gasteiger partial charge < -0.3 is 0 Å². The number of aryl methyl sites for hydroxylation is 2. The number of fused-ring (bicyclic) bond motifs is 2. The van der Waals surface area contributed by atoms with Crippen molar-refractivity contribution < 1.29 is 18.0 Å². The van der Waals surface area contributed by atoms with E-state index in [9.17, 15) is 0 Å². The molecule has 0 aliphatic heterocycles. The summed E-state index contributed by atoms with van der Waals surface area (Å²) in [6, 6.07) is 43.9. The standard InChI is InChI=1S/2C19H19.C2H6Si.2ClH.Zr/c2*1-2-3-7-16-10-11-17-12-13-18(14-19(16)17)15-8-5-4-6-9-15;1-3-2;;;/h2*4-6,8-14H,2-3,7H2,1H3;1-2H3;2*1H;/q2*-1;;;;+2/p-2. The van der Waals surface area contributed by atoms with Crippen LogP contribution in [-0.4, -0.2) is 5.43 Å². The maximum atomic E-state index is 5.62. The second-order valence-corrected chi connectivity index (χ2v) is 34.5. The molecule has 6 aromatic carbocycles. The summed E-state index contributed by atoms with van der Waals surface area (Å²) in [5.41, 5.74) is 8.00. The predicted molar refractivity (Wildman–Crippen MR) is 196 cm³/mol. The normalized spacial score (nSPS) is 10.6. The summed E-state index contributed by atoms with van der Waals surface area (Å²) < 4.78 is 0. The van der Waals surface area contributed by atoms with Crippen molar-refractivity contribution in [2.75, 3.05) is 0 Å². The Morgan fingerprint density at radius 1 is 0.545 bits per heavy atom. The summed E-state index contributed by atoms with van der Waals surface area (Å²) in [5, 5.41) is 5.58. The Morgan fingerprint density at radius 3 is 1.27 bits per heavy atom. The summed E-state index contributed by atoms with van der Waals surface area (Å²) in [6.07, 6.45) is 7.44. The third kappa shape index (κ3) is 9.89. The summed E-state index contributed by atoms with van der Waals surface area (Å²) in [7, 11) is 11.2.